The quantitative estimate of drug-likeness (QED) is 0.896. The molecule has 1 heterocycles. The van der Waals surface area contributed by atoms with Gasteiger partial charge in [0.2, 0.25) is 5.91 Å². The average molecular weight is 303 g/mol. The van der Waals surface area contributed by atoms with Crippen LogP contribution in [0.2, 0.25) is 0 Å². The minimum absolute atomic E-state index is 0.0713. The normalized spacial score (nSPS) is 22.5. The summed E-state index contributed by atoms with van der Waals surface area (Å²) in [5, 5.41) is 12.4. The Balaban J connectivity index is 1.70. The Labute approximate surface area is 129 Å². The molecule has 0 aromatic heterocycles. The highest BCUT2D eigenvalue weighted by atomic mass is 16.5. The van der Waals surface area contributed by atoms with Crippen molar-refractivity contribution in [1.29, 1.82) is 0 Å². The van der Waals surface area contributed by atoms with Crippen LogP contribution in [0.3, 0.4) is 0 Å². The second-order valence-corrected chi connectivity index (χ2v) is 6.26. The van der Waals surface area contributed by atoms with Gasteiger partial charge in [-0.15, -0.1) is 0 Å². The van der Waals surface area contributed by atoms with Crippen LogP contribution in [0.5, 0.6) is 5.75 Å². The summed E-state index contributed by atoms with van der Waals surface area (Å²) in [6.45, 7) is 0.641. The summed E-state index contributed by atoms with van der Waals surface area (Å²) in [4.78, 5) is 23.7. The van der Waals surface area contributed by atoms with Gasteiger partial charge in [0.1, 0.15) is 5.75 Å². The van der Waals surface area contributed by atoms with Crippen LogP contribution in [0.1, 0.15) is 50.1 Å². The SMILES string of the molecule is O=C(CC1(C(=O)O)CCC1)NC1CCCOc2ccccc21. The van der Waals surface area contributed by atoms with Gasteiger partial charge in [0, 0.05) is 12.0 Å². The fourth-order valence-electron chi connectivity index (χ4n) is 3.30. The van der Waals surface area contributed by atoms with Crippen LogP contribution in [0.4, 0.5) is 0 Å². The molecule has 0 spiro atoms. The van der Waals surface area contributed by atoms with Crippen LogP contribution < -0.4 is 10.1 Å². The van der Waals surface area contributed by atoms with E-state index in [0.717, 1.165) is 30.6 Å². The van der Waals surface area contributed by atoms with Crippen molar-refractivity contribution in [3.05, 3.63) is 29.8 Å². The Hall–Kier alpha value is -2.04. The number of amides is 1. The van der Waals surface area contributed by atoms with E-state index in [1.165, 1.54) is 0 Å². The Morgan fingerprint density at radius 1 is 1.27 bits per heavy atom. The first kappa shape index (κ1) is 14.9. The van der Waals surface area contributed by atoms with E-state index in [1.54, 1.807) is 0 Å². The Morgan fingerprint density at radius 3 is 2.73 bits per heavy atom. The molecule has 2 N–H and O–H groups in total. The van der Waals surface area contributed by atoms with Gasteiger partial charge in [0.05, 0.1) is 18.1 Å². The van der Waals surface area contributed by atoms with E-state index in [4.69, 9.17) is 4.74 Å². The maximum Gasteiger partial charge on any atom is 0.310 e. The number of rotatable bonds is 4. The maximum atomic E-state index is 12.3. The summed E-state index contributed by atoms with van der Waals surface area (Å²) in [5.74, 6) is -0.218. The van der Waals surface area contributed by atoms with E-state index < -0.39 is 11.4 Å². The number of para-hydroxylation sites is 1. The van der Waals surface area contributed by atoms with Gasteiger partial charge in [-0.25, -0.2) is 0 Å². The van der Waals surface area contributed by atoms with Gasteiger partial charge in [0.15, 0.2) is 0 Å². The molecule has 5 heteroatoms. The van der Waals surface area contributed by atoms with E-state index >= 15 is 0 Å². The third-order valence-electron chi connectivity index (χ3n) is 4.79. The molecule has 1 aromatic rings. The summed E-state index contributed by atoms with van der Waals surface area (Å²) in [6, 6.07) is 7.61. The lowest BCUT2D eigenvalue weighted by atomic mass is 9.66. The lowest BCUT2D eigenvalue weighted by molar-refractivity contribution is -0.157. The second kappa shape index (κ2) is 5.99. The highest BCUT2D eigenvalue weighted by molar-refractivity contribution is 5.85. The van der Waals surface area contributed by atoms with E-state index in [9.17, 15) is 14.7 Å². The van der Waals surface area contributed by atoms with Gasteiger partial charge >= 0.3 is 5.97 Å². The molecule has 0 saturated heterocycles. The van der Waals surface area contributed by atoms with Gasteiger partial charge in [-0.1, -0.05) is 24.6 Å². The molecule has 1 atom stereocenters. The number of fused-ring (bicyclic) bond motifs is 1. The summed E-state index contributed by atoms with van der Waals surface area (Å²) >= 11 is 0. The minimum Gasteiger partial charge on any atom is -0.493 e. The minimum atomic E-state index is -0.849. The third kappa shape index (κ3) is 2.80. The molecule has 1 unspecified atom stereocenters. The van der Waals surface area contributed by atoms with E-state index in [0.29, 0.717) is 19.4 Å². The second-order valence-electron chi connectivity index (χ2n) is 6.26. The molecule has 1 aromatic carbocycles. The number of carboxylic acids is 1. The van der Waals surface area contributed by atoms with E-state index in [2.05, 4.69) is 5.32 Å². The lowest BCUT2D eigenvalue weighted by Gasteiger charge is -2.37. The third-order valence-corrected chi connectivity index (χ3v) is 4.79. The zero-order valence-corrected chi connectivity index (χ0v) is 12.5. The molecule has 5 nitrogen and oxygen atoms in total. The predicted octanol–water partition coefficient (Wildman–Crippen LogP) is 2.66. The van der Waals surface area contributed by atoms with Crippen LogP contribution >= 0.6 is 0 Å². The first-order valence-corrected chi connectivity index (χ1v) is 7.85. The van der Waals surface area contributed by atoms with Gasteiger partial charge in [0.25, 0.3) is 0 Å². The Morgan fingerprint density at radius 2 is 2.05 bits per heavy atom. The van der Waals surface area contributed by atoms with E-state index in [1.807, 2.05) is 24.3 Å². The molecule has 1 amide bonds. The molecule has 1 saturated carbocycles. The number of hydrogen-bond acceptors (Lipinski definition) is 3. The standard InChI is InChI=1S/C17H21NO4/c19-15(11-17(16(20)21)8-4-9-17)18-13-6-3-10-22-14-7-2-1-5-12(13)14/h1-2,5,7,13H,3-4,6,8-11H2,(H,18,19)(H,20,21). The number of carboxylic acid groups (broad SMARTS) is 1. The first-order chi connectivity index (χ1) is 10.6. The Kier molecular flexibility index (Phi) is 4.05. The molecule has 2 aliphatic rings. The van der Waals surface area contributed by atoms with Crippen LogP contribution in [0.25, 0.3) is 0 Å². The topological polar surface area (TPSA) is 75.6 Å². The van der Waals surface area contributed by atoms with Crippen molar-refractivity contribution in [1.82, 2.24) is 5.32 Å². The highest BCUT2D eigenvalue weighted by Gasteiger charge is 2.46. The summed E-state index contributed by atoms with van der Waals surface area (Å²) in [6.07, 6.45) is 3.83. The van der Waals surface area contributed by atoms with Crippen molar-refractivity contribution in [2.45, 2.75) is 44.6 Å². The molecular formula is C17H21NO4. The summed E-state index contributed by atoms with van der Waals surface area (Å²) < 4.78 is 5.69. The monoisotopic (exact) mass is 303 g/mol. The molecule has 118 valence electrons. The molecule has 1 aliphatic heterocycles. The predicted molar refractivity (Wildman–Crippen MR) is 80.6 cm³/mol. The fourth-order valence-corrected chi connectivity index (χ4v) is 3.30. The first-order valence-electron chi connectivity index (χ1n) is 7.85. The van der Waals surface area contributed by atoms with Crippen molar-refractivity contribution < 1.29 is 19.4 Å². The van der Waals surface area contributed by atoms with Crippen molar-refractivity contribution >= 4 is 11.9 Å². The van der Waals surface area contributed by atoms with Gasteiger partial charge in [-0.2, -0.15) is 0 Å². The number of ether oxygens (including phenoxy) is 1. The summed E-state index contributed by atoms with van der Waals surface area (Å²) in [7, 11) is 0. The van der Waals surface area contributed by atoms with Crippen molar-refractivity contribution in [2.24, 2.45) is 5.41 Å². The zero-order valence-electron chi connectivity index (χ0n) is 12.5. The van der Waals surface area contributed by atoms with Crippen LogP contribution in [-0.4, -0.2) is 23.6 Å². The number of carbonyl (C=O) groups excluding carboxylic acids is 1. The molecule has 3 rings (SSSR count). The smallest absolute Gasteiger partial charge is 0.310 e. The fraction of sp³-hybridized carbons (Fsp3) is 0.529. The van der Waals surface area contributed by atoms with Crippen molar-refractivity contribution in [3.63, 3.8) is 0 Å². The molecule has 0 radical (unpaired) electrons. The molecule has 1 aliphatic carbocycles. The molecule has 22 heavy (non-hydrogen) atoms. The number of nitrogens with one attached hydrogen (secondary N) is 1. The molecular weight excluding hydrogens is 282 g/mol. The Bertz CT molecular complexity index is 580. The van der Waals surface area contributed by atoms with Crippen LogP contribution in [0.15, 0.2) is 24.3 Å². The van der Waals surface area contributed by atoms with Gasteiger partial charge in [-0.05, 0) is 31.7 Å². The largest absolute Gasteiger partial charge is 0.493 e. The zero-order chi connectivity index (χ0) is 15.6. The molecule has 0 bridgehead atoms. The average Bonchev–Trinajstić information content (AvgIpc) is 2.65. The highest BCUT2D eigenvalue weighted by Crippen LogP contribution is 2.44. The number of hydrogen-bond donors (Lipinski definition) is 2. The number of carbonyl (C=O) groups is 2. The number of aliphatic carboxylic acids is 1. The number of benzene rings is 1. The maximum absolute atomic E-state index is 12.3. The lowest BCUT2D eigenvalue weighted by Crippen LogP contribution is -2.43. The van der Waals surface area contributed by atoms with Crippen LogP contribution in [-0.2, 0) is 9.59 Å². The van der Waals surface area contributed by atoms with Crippen LogP contribution in [0, 0.1) is 5.41 Å². The van der Waals surface area contributed by atoms with Crippen molar-refractivity contribution in [2.75, 3.05) is 6.61 Å². The van der Waals surface area contributed by atoms with Gasteiger partial charge < -0.3 is 15.2 Å². The van der Waals surface area contributed by atoms with Gasteiger partial charge in [-0.3, -0.25) is 9.59 Å². The summed E-state index contributed by atoms with van der Waals surface area (Å²) in [5.41, 5.74) is 0.136. The van der Waals surface area contributed by atoms with Crippen molar-refractivity contribution in [3.8, 4) is 5.75 Å². The van der Waals surface area contributed by atoms with E-state index in [-0.39, 0.29) is 18.4 Å². The molecule has 1 fully saturated rings.